The molecule has 0 aromatic rings. The normalized spacial score (nSPS) is 27.1. The maximum absolute atomic E-state index is 12.4. The van der Waals surface area contributed by atoms with E-state index in [0.29, 0.717) is 18.9 Å². The van der Waals surface area contributed by atoms with Crippen LogP contribution in [-0.4, -0.2) is 42.3 Å². The molecule has 1 aliphatic carbocycles. The van der Waals surface area contributed by atoms with E-state index < -0.39 is 12.1 Å². The van der Waals surface area contributed by atoms with E-state index in [1.807, 2.05) is 0 Å². The van der Waals surface area contributed by atoms with Crippen LogP contribution in [0.1, 0.15) is 51.9 Å². The van der Waals surface area contributed by atoms with Crippen molar-refractivity contribution in [2.24, 2.45) is 5.92 Å². The number of fused-ring (bicyclic) bond motifs is 1. The molecule has 22 heavy (non-hydrogen) atoms. The lowest BCUT2D eigenvalue weighted by atomic mass is 9.85. The molecule has 2 aliphatic rings. The van der Waals surface area contributed by atoms with Crippen LogP contribution in [0.2, 0.25) is 0 Å². The Kier molecular flexibility index (Phi) is 6.28. The molecule has 124 valence electrons. The Morgan fingerprint density at radius 3 is 2.77 bits per heavy atom. The second-order valence-corrected chi connectivity index (χ2v) is 6.16. The van der Waals surface area contributed by atoms with Gasteiger partial charge in [0, 0.05) is 6.04 Å². The number of rotatable bonds is 6. The fourth-order valence-electron chi connectivity index (χ4n) is 3.55. The summed E-state index contributed by atoms with van der Waals surface area (Å²) < 4.78 is 10.5. The maximum Gasteiger partial charge on any atom is 0.411 e. The standard InChI is InChI=1S/C17H27NO4/c1-3-5-11-21-16(19)15-12-13-8-6-7-9-14(13)18(15)17(20)22-10-4-2/h4,13-15H,2-3,5-12H2,1H3. The number of hydrogen-bond acceptors (Lipinski definition) is 4. The van der Waals surface area contributed by atoms with Crippen LogP contribution in [0.5, 0.6) is 0 Å². The number of likely N-dealkylation sites (tertiary alicyclic amines) is 1. The third-order valence-electron chi connectivity index (χ3n) is 4.64. The molecule has 1 heterocycles. The summed E-state index contributed by atoms with van der Waals surface area (Å²) in [5.41, 5.74) is 0. The van der Waals surface area contributed by atoms with Crippen LogP contribution >= 0.6 is 0 Å². The van der Waals surface area contributed by atoms with E-state index in [9.17, 15) is 9.59 Å². The van der Waals surface area contributed by atoms with Crippen molar-refractivity contribution in [2.45, 2.75) is 64.0 Å². The van der Waals surface area contributed by atoms with Crippen molar-refractivity contribution in [1.29, 1.82) is 0 Å². The van der Waals surface area contributed by atoms with Crippen molar-refractivity contribution >= 4 is 12.1 Å². The van der Waals surface area contributed by atoms with Gasteiger partial charge < -0.3 is 9.47 Å². The van der Waals surface area contributed by atoms with E-state index >= 15 is 0 Å². The number of nitrogens with zero attached hydrogens (tertiary/aromatic N) is 1. The molecule has 1 aliphatic heterocycles. The van der Waals surface area contributed by atoms with Gasteiger partial charge in [0.05, 0.1) is 6.61 Å². The first-order valence-electron chi connectivity index (χ1n) is 8.41. The summed E-state index contributed by atoms with van der Waals surface area (Å²) in [5, 5.41) is 0. The first-order valence-corrected chi connectivity index (χ1v) is 8.41. The largest absolute Gasteiger partial charge is 0.464 e. The Morgan fingerprint density at radius 1 is 1.27 bits per heavy atom. The maximum atomic E-state index is 12.4. The van der Waals surface area contributed by atoms with E-state index in [1.54, 1.807) is 11.0 Å². The second-order valence-electron chi connectivity index (χ2n) is 6.16. The van der Waals surface area contributed by atoms with E-state index in [-0.39, 0.29) is 18.6 Å². The minimum Gasteiger partial charge on any atom is -0.464 e. The highest BCUT2D eigenvalue weighted by Gasteiger charge is 2.48. The summed E-state index contributed by atoms with van der Waals surface area (Å²) >= 11 is 0. The third-order valence-corrected chi connectivity index (χ3v) is 4.64. The van der Waals surface area contributed by atoms with E-state index in [4.69, 9.17) is 9.47 Å². The lowest BCUT2D eigenvalue weighted by Crippen LogP contribution is -2.47. The molecule has 3 atom stereocenters. The molecule has 3 unspecified atom stereocenters. The lowest BCUT2D eigenvalue weighted by Gasteiger charge is -2.32. The number of amides is 1. The number of hydrogen-bond donors (Lipinski definition) is 0. The highest BCUT2D eigenvalue weighted by molar-refractivity contribution is 5.82. The molecule has 0 N–H and O–H groups in total. The number of esters is 1. The predicted molar refractivity (Wildman–Crippen MR) is 83.4 cm³/mol. The van der Waals surface area contributed by atoms with Gasteiger partial charge in [0.2, 0.25) is 0 Å². The van der Waals surface area contributed by atoms with E-state index in [2.05, 4.69) is 13.5 Å². The Bertz CT molecular complexity index is 409. The molecule has 1 saturated heterocycles. The van der Waals surface area contributed by atoms with Gasteiger partial charge in [0.15, 0.2) is 0 Å². The highest BCUT2D eigenvalue weighted by Crippen LogP contribution is 2.40. The molecule has 0 spiro atoms. The molecule has 1 amide bonds. The summed E-state index contributed by atoms with van der Waals surface area (Å²) in [6, 6.07) is -0.364. The van der Waals surface area contributed by atoms with Crippen molar-refractivity contribution in [3.8, 4) is 0 Å². The molecule has 0 radical (unpaired) electrons. The predicted octanol–water partition coefficient (Wildman–Crippen LogP) is 3.29. The molecule has 0 aromatic heterocycles. The zero-order valence-electron chi connectivity index (χ0n) is 13.5. The van der Waals surface area contributed by atoms with Gasteiger partial charge in [0.25, 0.3) is 0 Å². The lowest BCUT2D eigenvalue weighted by molar-refractivity contribution is -0.149. The Labute approximate surface area is 132 Å². The zero-order chi connectivity index (χ0) is 15.9. The van der Waals surface area contributed by atoms with Gasteiger partial charge >= 0.3 is 12.1 Å². The van der Waals surface area contributed by atoms with Crippen molar-refractivity contribution in [2.75, 3.05) is 13.2 Å². The Balaban J connectivity index is 2.05. The van der Waals surface area contributed by atoms with Crippen molar-refractivity contribution in [3.63, 3.8) is 0 Å². The average molecular weight is 309 g/mol. The second kappa shape index (κ2) is 8.20. The third kappa shape index (κ3) is 3.81. The molecule has 0 bridgehead atoms. The number of carbonyl (C=O) groups is 2. The Hall–Kier alpha value is -1.52. The van der Waals surface area contributed by atoms with Gasteiger partial charge in [0.1, 0.15) is 12.6 Å². The molecular weight excluding hydrogens is 282 g/mol. The van der Waals surface area contributed by atoms with Crippen LogP contribution in [0, 0.1) is 5.92 Å². The number of unbranched alkanes of at least 4 members (excludes halogenated alkanes) is 1. The van der Waals surface area contributed by atoms with Gasteiger partial charge in [-0.15, -0.1) is 0 Å². The van der Waals surface area contributed by atoms with Gasteiger partial charge in [-0.3, -0.25) is 4.90 Å². The summed E-state index contributed by atoms with van der Waals surface area (Å²) in [5.74, 6) is 0.118. The quantitative estimate of drug-likeness (QED) is 0.429. The minimum absolute atomic E-state index is 0.120. The van der Waals surface area contributed by atoms with Crippen LogP contribution in [0.15, 0.2) is 12.7 Å². The molecule has 2 fully saturated rings. The molecular formula is C17H27NO4. The average Bonchev–Trinajstić information content (AvgIpc) is 2.92. The van der Waals surface area contributed by atoms with Gasteiger partial charge in [-0.2, -0.15) is 0 Å². The Morgan fingerprint density at radius 2 is 2.05 bits per heavy atom. The molecule has 0 aromatic carbocycles. The summed E-state index contributed by atoms with van der Waals surface area (Å²) in [7, 11) is 0. The summed E-state index contributed by atoms with van der Waals surface area (Å²) in [6.07, 6.45) is 7.98. The van der Waals surface area contributed by atoms with E-state index in [1.165, 1.54) is 6.42 Å². The molecule has 2 rings (SSSR count). The van der Waals surface area contributed by atoms with Crippen molar-refractivity contribution in [3.05, 3.63) is 12.7 Å². The van der Waals surface area contributed by atoms with Crippen LogP contribution in [0.3, 0.4) is 0 Å². The molecule has 5 nitrogen and oxygen atoms in total. The van der Waals surface area contributed by atoms with Gasteiger partial charge in [-0.25, -0.2) is 9.59 Å². The first kappa shape index (κ1) is 16.8. The minimum atomic E-state index is -0.484. The number of carbonyl (C=O) groups excluding carboxylic acids is 2. The van der Waals surface area contributed by atoms with Crippen molar-refractivity contribution < 1.29 is 19.1 Å². The zero-order valence-corrected chi connectivity index (χ0v) is 13.5. The van der Waals surface area contributed by atoms with Crippen LogP contribution in [-0.2, 0) is 14.3 Å². The smallest absolute Gasteiger partial charge is 0.411 e. The molecule has 5 heteroatoms. The summed E-state index contributed by atoms with van der Waals surface area (Å²) in [4.78, 5) is 26.4. The summed E-state index contributed by atoms with van der Waals surface area (Å²) in [6.45, 7) is 6.21. The van der Waals surface area contributed by atoms with Crippen LogP contribution < -0.4 is 0 Å². The fourth-order valence-corrected chi connectivity index (χ4v) is 3.55. The fraction of sp³-hybridized carbons (Fsp3) is 0.765. The number of ether oxygens (including phenoxy) is 2. The highest BCUT2D eigenvalue weighted by atomic mass is 16.6. The van der Waals surface area contributed by atoms with Crippen LogP contribution in [0.25, 0.3) is 0 Å². The monoisotopic (exact) mass is 309 g/mol. The van der Waals surface area contributed by atoms with Gasteiger partial charge in [-0.05, 0) is 31.6 Å². The van der Waals surface area contributed by atoms with Crippen molar-refractivity contribution in [1.82, 2.24) is 4.90 Å². The van der Waals surface area contributed by atoms with Gasteiger partial charge in [-0.1, -0.05) is 38.8 Å². The van der Waals surface area contributed by atoms with E-state index in [0.717, 1.165) is 32.1 Å². The first-order chi connectivity index (χ1) is 10.7. The SMILES string of the molecule is C=CCOC(=O)N1C(C(=O)OCCCC)CC2CCCCC21. The topological polar surface area (TPSA) is 55.8 Å². The molecule has 1 saturated carbocycles. The van der Waals surface area contributed by atoms with Crippen LogP contribution in [0.4, 0.5) is 4.79 Å².